The van der Waals surface area contributed by atoms with Crippen LogP contribution in [0.3, 0.4) is 0 Å². The van der Waals surface area contributed by atoms with Gasteiger partial charge in [-0.3, -0.25) is 14.7 Å². The summed E-state index contributed by atoms with van der Waals surface area (Å²) in [5.41, 5.74) is 2.49. The number of halogens is 1. The Bertz CT molecular complexity index is 910. The molecule has 6 nitrogen and oxygen atoms in total. The van der Waals surface area contributed by atoms with Crippen molar-refractivity contribution in [1.29, 1.82) is 0 Å². The molecular formula is C21H22ClN3O3. The molecule has 1 N–H and O–H groups in total. The molecule has 4 rings (SSSR count). The SMILES string of the molecule is COC(=O)N1CCCc2nc(C3(C(=O)Nc4ccc(Cl)cc4)CCC3)ccc21. The van der Waals surface area contributed by atoms with E-state index in [1.54, 1.807) is 29.2 Å². The Morgan fingerprint density at radius 1 is 1.14 bits per heavy atom. The molecule has 0 saturated heterocycles. The highest BCUT2D eigenvalue weighted by Gasteiger charge is 2.47. The lowest BCUT2D eigenvalue weighted by atomic mass is 9.65. The van der Waals surface area contributed by atoms with Crippen molar-refractivity contribution in [2.75, 3.05) is 23.9 Å². The van der Waals surface area contributed by atoms with E-state index in [2.05, 4.69) is 5.32 Å². The number of hydrogen-bond acceptors (Lipinski definition) is 4. The average molecular weight is 400 g/mol. The molecule has 28 heavy (non-hydrogen) atoms. The van der Waals surface area contributed by atoms with Gasteiger partial charge in [-0.1, -0.05) is 18.0 Å². The number of nitrogens with zero attached hydrogens (tertiary/aromatic N) is 2. The van der Waals surface area contributed by atoms with Gasteiger partial charge in [0.2, 0.25) is 5.91 Å². The molecule has 0 unspecified atom stereocenters. The van der Waals surface area contributed by atoms with Crippen LogP contribution in [-0.4, -0.2) is 30.6 Å². The number of ether oxygens (including phenoxy) is 1. The van der Waals surface area contributed by atoms with Crippen LogP contribution in [-0.2, 0) is 21.4 Å². The summed E-state index contributed by atoms with van der Waals surface area (Å²) in [5.74, 6) is -0.0471. The molecule has 0 spiro atoms. The number of methoxy groups -OCH3 is 1. The first kappa shape index (κ1) is 18.7. The second-order valence-electron chi connectivity index (χ2n) is 7.28. The summed E-state index contributed by atoms with van der Waals surface area (Å²) in [5, 5.41) is 3.63. The van der Waals surface area contributed by atoms with Crippen LogP contribution in [0, 0.1) is 0 Å². The van der Waals surface area contributed by atoms with Crippen LogP contribution in [0.15, 0.2) is 36.4 Å². The van der Waals surface area contributed by atoms with E-state index in [-0.39, 0.29) is 12.0 Å². The van der Waals surface area contributed by atoms with E-state index in [0.717, 1.165) is 54.9 Å². The van der Waals surface area contributed by atoms with Gasteiger partial charge in [-0.05, 0) is 62.1 Å². The Kier molecular flexibility index (Phi) is 4.98. The molecule has 0 bridgehead atoms. The first-order valence-electron chi connectivity index (χ1n) is 9.46. The lowest BCUT2D eigenvalue weighted by Crippen LogP contribution is -2.47. The van der Waals surface area contributed by atoms with Crippen molar-refractivity contribution < 1.29 is 14.3 Å². The highest BCUT2D eigenvalue weighted by Crippen LogP contribution is 2.45. The van der Waals surface area contributed by atoms with Gasteiger partial charge in [-0.25, -0.2) is 4.79 Å². The quantitative estimate of drug-likeness (QED) is 0.834. The van der Waals surface area contributed by atoms with Crippen LogP contribution in [0.5, 0.6) is 0 Å². The molecule has 1 aromatic carbocycles. The van der Waals surface area contributed by atoms with Crippen molar-refractivity contribution in [3.8, 4) is 0 Å². The van der Waals surface area contributed by atoms with Gasteiger partial charge in [-0.2, -0.15) is 0 Å². The lowest BCUT2D eigenvalue weighted by Gasteiger charge is -2.40. The number of carbonyl (C=O) groups excluding carboxylic acids is 2. The predicted molar refractivity (Wildman–Crippen MR) is 108 cm³/mol. The fourth-order valence-corrected chi connectivity index (χ4v) is 4.05. The molecule has 0 radical (unpaired) electrons. The predicted octanol–water partition coefficient (Wildman–Crippen LogP) is 4.31. The minimum absolute atomic E-state index is 0.0471. The summed E-state index contributed by atoms with van der Waals surface area (Å²) in [6, 6.07) is 10.9. The lowest BCUT2D eigenvalue weighted by molar-refractivity contribution is -0.124. The van der Waals surface area contributed by atoms with E-state index in [0.29, 0.717) is 11.6 Å². The molecule has 2 aliphatic rings. The maximum absolute atomic E-state index is 13.1. The standard InChI is InChI=1S/C21H22ClN3O3/c1-28-20(27)25-13-2-4-16-17(25)9-10-18(24-16)21(11-3-12-21)19(26)23-15-7-5-14(22)6-8-15/h5-10H,2-4,11-13H2,1H3,(H,23,26). The number of aromatic nitrogens is 1. The first-order chi connectivity index (χ1) is 13.5. The normalized spacial score (nSPS) is 17.3. The van der Waals surface area contributed by atoms with Gasteiger partial charge in [0, 0.05) is 17.3 Å². The molecule has 0 atom stereocenters. The summed E-state index contributed by atoms with van der Waals surface area (Å²) in [7, 11) is 1.38. The van der Waals surface area contributed by atoms with Crippen molar-refractivity contribution in [3.05, 3.63) is 52.8 Å². The Morgan fingerprint density at radius 3 is 2.54 bits per heavy atom. The largest absolute Gasteiger partial charge is 0.452 e. The smallest absolute Gasteiger partial charge is 0.414 e. The topological polar surface area (TPSA) is 71.5 Å². The first-order valence-corrected chi connectivity index (χ1v) is 9.84. The number of rotatable bonds is 3. The molecule has 1 aliphatic heterocycles. The van der Waals surface area contributed by atoms with Crippen LogP contribution in [0.1, 0.15) is 37.1 Å². The van der Waals surface area contributed by atoms with Crippen LogP contribution < -0.4 is 10.2 Å². The summed E-state index contributed by atoms with van der Waals surface area (Å²) in [6.45, 7) is 0.614. The van der Waals surface area contributed by atoms with E-state index in [1.165, 1.54) is 7.11 Å². The van der Waals surface area contributed by atoms with Gasteiger partial charge in [0.25, 0.3) is 0 Å². The Labute approximate surface area is 168 Å². The summed E-state index contributed by atoms with van der Waals surface area (Å²) >= 11 is 5.92. The van der Waals surface area contributed by atoms with Gasteiger partial charge in [-0.15, -0.1) is 0 Å². The molecule has 2 heterocycles. The zero-order valence-electron chi connectivity index (χ0n) is 15.7. The number of carbonyl (C=O) groups is 2. The maximum Gasteiger partial charge on any atom is 0.414 e. The Hall–Kier alpha value is -2.60. The summed E-state index contributed by atoms with van der Waals surface area (Å²) in [4.78, 5) is 31.6. The van der Waals surface area contributed by atoms with E-state index < -0.39 is 5.41 Å². The van der Waals surface area contributed by atoms with Crippen LogP contribution in [0.25, 0.3) is 0 Å². The zero-order valence-corrected chi connectivity index (χ0v) is 16.5. The Balaban J connectivity index is 1.62. The number of fused-ring (bicyclic) bond motifs is 1. The number of hydrogen-bond donors (Lipinski definition) is 1. The second-order valence-corrected chi connectivity index (χ2v) is 7.72. The molecule has 7 heteroatoms. The van der Waals surface area contributed by atoms with Gasteiger partial charge in [0.15, 0.2) is 0 Å². The number of nitrogens with one attached hydrogen (secondary N) is 1. The summed E-state index contributed by atoms with van der Waals surface area (Å²) < 4.78 is 4.88. The molecule has 146 valence electrons. The third kappa shape index (κ3) is 3.22. The fraction of sp³-hybridized carbons (Fsp3) is 0.381. The van der Waals surface area contributed by atoms with Crippen LogP contribution >= 0.6 is 11.6 Å². The average Bonchev–Trinajstić information content (AvgIpc) is 2.67. The van der Waals surface area contributed by atoms with E-state index in [4.69, 9.17) is 21.3 Å². The minimum atomic E-state index is -0.623. The van der Waals surface area contributed by atoms with E-state index >= 15 is 0 Å². The van der Waals surface area contributed by atoms with Crippen LogP contribution in [0.4, 0.5) is 16.2 Å². The zero-order chi connectivity index (χ0) is 19.7. The molecule has 2 aromatic rings. The third-order valence-electron chi connectivity index (χ3n) is 5.67. The molecule has 1 aromatic heterocycles. The second kappa shape index (κ2) is 7.43. The number of anilines is 2. The number of aryl methyl sites for hydroxylation is 1. The molecule has 1 fully saturated rings. The minimum Gasteiger partial charge on any atom is -0.452 e. The number of amides is 2. The highest BCUT2D eigenvalue weighted by molar-refractivity contribution is 6.30. The van der Waals surface area contributed by atoms with Crippen molar-refractivity contribution in [2.45, 2.75) is 37.5 Å². The van der Waals surface area contributed by atoms with Gasteiger partial charge in [0.1, 0.15) is 0 Å². The molecule has 1 saturated carbocycles. The highest BCUT2D eigenvalue weighted by atomic mass is 35.5. The van der Waals surface area contributed by atoms with E-state index in [1.807, 2.05) is 12.1 Å². The monoisotopic (exact) mass is 399 g/mol. The van der Waals surface area contributed by atoms with Crippen LogP contribution in [0.2, 0.25) is 5.02 Å². The summed E-state index contributed by atoms with van der Waals surface area (Å²) in [6.07, 6.45) is 3.74. The third-order valence-corrected chi connectivity index (χ3v) is 5.92. The molecule has 2 amide bonds. The Morgan fingerprint density at radius 2 is 1.89 bits per heavy atom. The van der Waals surface area contributed by atoms with Crippen molar-refractivity contribution >= 4 is 35.0 Å². The van der Waals surface area contributed by atoms with Gasteiger partial charge >= 0.3 is 6.09 Å². The van der Waals surface area contributed by atoms with Crippen molar-refractivity contribution in [3.63, 3.8) is 0 Å². The molecular weight excluding hydrogens is 378 g/mol. The fourth-order valence-electron chi connectivity index (χ4n) is 3.93. The van der Waals surface area contributed by atoms with Gasteiger partial charge in [0.05, 0.1) is 29.6 Å². The van der Waals surface area contributed by atoms with Gasteiger partial charge < -0.3 is 10.1 Å². The van der Waals surface area contributed by atoms with Crippen molar-refractivity contribution in [2.24, 2.45) is 0 Å². The number of benzene rings is 1. The number of pyridine rings is 1. The maximum atomic E-state index is 13.1. The molecule has 1 aliphatic carbocycles. The van der Waals surface area contributed by atoms with E-state index in [9.17, 15) is 9.59 Å². The van der Waals surface area contributed by atoms with Crippen molar-refractivity contribution in [1.82, 2.24) is 4.98 Å².